The topological polar surface area (TPSA) is 52.3 Å². The molecule has 0 bridgehead atoms. The normalized spacial score (nSPS) is 21.6. The summed E-state index contributed by atoms with van der Waals surface area (Å²) >= 11 is 0. The molecule has 2 unspecified atom stereocenters. The van der Waals surface area contributed by atoms with Crippen molar-refractivity contribution in [1.82, 2.24) is 0 Å². The van der Waals surface area contributed by atoms with Crippen LogP contribution in [0.25, 0.3) is 0 Å². The molecule has 0 radical (unpaired) electrons. The van der Waals surface area contributed by atoms with Crippen molar-refractivity contribution in [3.05, 3.63) is 0 Å². The lowest BCUT2D eigenvalue weighted by Crippen LogP contribution is -2.33. The fourth-order valence-corrected chi connectivity index (χ4v) is 2.58. The van der Waals surface area contributed by atoms with Gasteiger partial charge >= 0.3 is 0 Å². The molecule has 0 aromatic carbocycles. The zero-order valence-electron chi connectivity index (χ0n) is 11.1. The lowest BCUT2D eigenvalue weighted by Gasteiger charge is -2.19. The van der Waals surface area contributed by atoms with Crippen LogP contribution in [0, 0.1) is 5.92 Å². The van der Waals surface area contributed by atoms with Gasteiger partial charge in [-0.25, -0.2) is 0 Å². The predicted octanol–water partition coefficient (Wildman–Crippen LogP) is 3.02. The van der Waals surface area contributed by atoms with Gasteiger partial charge in [0.1, 0.15) is 0 Å². The summed E-state index contributed by atoms with van der Waals surface area (Å²) in [6, 6.07) is 0. The lowest BCUT2D eigenvalue weighted by atomic mass is 9.92. The summed E-state index contributed by atoms with van der Waals surface area (Å²) in [4.78, 5) is 11.4. The van der Waals surface area contributed by atoms with Crippen molar-refractivity contribution < 1.29 is 9.53 Å². The standard InChI is InChI=1S/C14H27NO2/c1-2-3-4-5-6-7-9-12(14(15)16)13-10-8-11-17-13/h12-13H,2-11H2,1H3,(H2,15,16). The lowest BCUT2D eigenvalue weighted by molar-refractivity contribution is -0.126. The molecule has 1 fully saturated rings. The van der Waals surface area contributed by atoms with E-state index in [0.717, 1.165) is 32.3 Å². The zero-order valence-corrected chi connectivity index (χ0v) is 11.1. The minimum atomic E-state index is -0.176. The van der Waals surface area contributed by atoms with Crippen molar-refractivity contribution in [2.45, 2.75) is 70.8 Å². The summed E-state index contributed by atoms with van der Waals surface area (Å²) in [6.07, 6.45) is 10.6. The Morgan fingerprint density at radius 3 is 2.59 bits per heavy atom. The smallest absolute Gasteiger partial charge is 0.223 e. The maximum absolute atomic E-state index is 11.4. The summed E-state index contributed by atoms with van der Waals surface area (Å²) in [5.41, 5.74) is 5.46. The van der Waals surface area contributed by atoms with Crippen LogP contribution >= 0.6 is 0 Å². The Kier molecular flexibility index (Phi) is 7.25. The van der Waals surface area contributed by atoms with Gasteiger partial charge in [-0.15, -0.1) is 0 Å². The Balaban J connectivity index is 2.14. The van der Waals surface area contributed by atoms with Gasteiger partial charge in [-0.3, -0.25) is 4.79 Å². The van der Waals surface area contributed by atoms with E-state index in [4.69, 9.17) is 10.5 Å². The third kappa shape index (κ3) is 5.53. The van der Waals surface area contributed by atoms with E-state index in [-0.39, 0.29) is 17.9 Å². The molecule has 17 heavy (non-hydrogen) atoms. The SMILES string of the molecule is CCCCCCCCC(C(N)=O)C1CCCO1. The molecule has 1 aliphatic rings. The van der Waals surface area contributed by atoms with E-state index in [0.29, 0.717) is 0 Å². The molecule has 1 rings (SSSR count). The highest BCUT2D eigenvalue weighted by molar-refractivity contribution is 5.77. The molecule has 3 nitrogen and oxygen atoms in total. The molecule has 2 N–H and O–H groups in total. The largest absolute Gasteiger partial charge is 0.377 e. The van der Waals surface area contributed by atoms with E-state index in [9.17, 15) is 4.79 Å². The molecular formula is C14H27NO2. The van der Waals surface area contributed by atoms with Crippen LogP contribution in [0.1, 0.15) is 64.7 Å². The maximum Gasteiger partial charge on any atom is 0.223 e. The number of primary amides is 1. The molecule has 2 atom stereocenters. The molecular weight excluding hydrogens is 214 g/mol. The Morgan fingerprint density at radius 1 is 1.29 bits per heavy atom. The number of unbranched alkanes of at least 4 members (excludes halogenated alkanes) is 5. The molecule has 1 saturated heterocycles. The molecule has 1 amide bonds. The second-order valence-corrected chi connectivity index (χ2v) is 5.12. The van der Waals surface area contributed by atoms with Gasteiger partial charge in [0, 0.05) is 6.61 Å². The second kappa shape index (κ2) is 8.51. The van der Waals surface area contributed by atoms with E-state index < -0.39 is 0 Å². The monoisotopic (exact) mass is 241 g/mol. The van der Waals surface area contributed by atoms with Gasteiger partial charge in [-0.05, 0) is 19.3 Å². The summed E-state index contributed by atoms with van der Waals surface area (Å²) in [7, 11) is 0. The molecule has 100 valence electrons. The van der Waals surface area contributed by atoms with Gasteiger partial charge in [0.05, 0.1) is 12.0 Å². The molecule has 3 heteroatoms. The molecule has 0 saturated carbocycles. The van der Waals surface area contributed by atoms with Crippen LogP contribution in [0.15, 0.2) is 0 Å². The van der Waals surface area contributed by atoms with E-state index in [1.807, 2.05) is 0 Å². The van der Waals surface area contributed by atoms with Gasteiger partial charge in [-0.2, -0.15) is 0 Å². The number of amides is 1. The van der Waals surface area contributed by atoms with Crippen molar-refractivity contribution >= 4 is 5.91 Å². The summed E-state index contributed by atoms with van der Waals surface area (Å²) < 4.78 is 5.57. The highest BCUT2D eigenvalue weighted by Gasteiger charge is 2.29. The first-order valence-corrected chi connectivity index (χ1v) is 7.16. The van der Waals surface area contributed by atoms with Gasteiger partial charge < -0.3 is 10.5 Å². The molecule has 1 heterocycles. The Morgan fingerprint density at radius 2 is 2.00 bits per heavy atom. The predicted molar refractivity (Wildman–Crippen MR) is 69.7 cm³/mol. The molecule has 0 aromatic heterocycles. The Labute approximate surface area is 105 Å². The van der Waals surface area contributed by atoms with Gasteiger partial charge in [0.25, 0.3) is 0 Å². The van der Waals surface area contributed by atoms with E-state index in [1.165, 1.54) is 32.1 Å². The Hall–Kier alpha value is -0.570. The van der Waals surface area contributed by atoms with E-state index >= 15 is 0 Å². The maximum atomic E-state index is 11.4. The number of carbonyl (C=O) groups excluding carboxylic acids is 1. The second-order valence-electron chi connectivity index (χ2n) is 5.12. The fraction of sp³-hybridized carbons (Fsp3) is 0.929. The van der Waals surface area contributed by atoms with Gasteiger partial charge in [0.15, 0.2) is 0 Å². The van der Waals surface area contributed by atoms with Crippen LogP contribution in [0.3, 0.4) is 0 Å². The van der Waals surface area contributed by atoms with E-state index in [2.05, 4.69) is 6.92 Å². The highest BCUT2D eigenvalue weighted by atomic mass is 16.5. The molecule has 0 spiro atoms. The summed E-state index contributed by atoms with van der Waals surface area (Å²) in [5, 5.41) is 0. The van der Waals surface area contributed by atoms with Crippen LogP contribution in [0.4, 0.5) is 0 Å². The number of hydrogen-bond acceptors (Lipinski definition) is 2. The van der Waals surface area contributed by atoms with Crippen LogP contribution in [0.2, 0.25) is 0 Å². The quantitative estimate of drug-likeness (QED) is 0.631. The minimum Gasteiger partial charge on any atom is -0.377 e. The average Bonchev–Trinajstić information content (AvgIpc) is 2.81. The van der Waals surface area contributed by atoms with Crippen LogP contribution in [-0.4, -0.2) is 18.6 Å². The summed E-state index contributed by atoms with van der Waals surface area (Å²) in [5.74, 6) is -0.228. The first kappa shape index (κ1) is 14.5. The first-order chi connectivity index (χ1) is 8.25. The Bertz CT molecular complexity index is 212. The van der Waals surface area contributed by atoms with Crippen LogP contribution in [0.5, 0.6) is 0 Å². The van der Waals surface area contributed by atoms with Crippen molar-refractivity contribution in [2.24, 2.45) is 11.7 Å². The van der Waals surface area contributed by atoms with Gasteiger partial charge in [0.2, 0.25) is 5.91 Å². The van der Waals surface area contributed by atoms with Crippen LogP contribution in [-0.2, 0) is 9.53 Å². The summed E-state index contributed by atoms with van der Waals surface area (Å²) in [6.45, 7) is 3.02. The van der Waals surface area contributed by atoms with Crippen molar-refractivity contribution in [3.8, 4) is 0 Å². The first-order valence-electron chi connectivity index (χ1n) is 7.16. The van der Waals surface area contributed by atoms with Crippen molar-refractivity contribution in [2.75, 3.05) is 6.61 Å². The highest BCUT2D eigenvalue weighted by Crippen LogP contribution is 2.24. The van der Waals surface area contributed by atoms with Gasteiger partial charge in [-0.1, -0.05) is 45.4 Å². The zero-order chi connectivity index (χ0) is 12.5. The average molecular weight is 241 g/mol. The number of hydrogen-bond donors (Lipinski definition) is 1. The molecule has 0 aromatic rings. The molecule has 0 aliphatic carbocycles. The number of nitrogens with two attached hydrogens (primary N) is 1. The van der Waals surface area contributed by atoms with Crippen LogP contribution < -0.4 is 5.73 Å². The minimum absolute atomic E-state index is 0.0522. The number of ether oxygens (including phenoxy) is 1. The third-order valence-electron chi connectivity index (χ3n) is 3.65. The van der Waals surface area contributed by atoms with Crippen molar-refractivity contribution in [3.63, 3.8) is 0 Å². The molecule has 1 aliphatic heterocycles. The number of rotatable bonds is 9. The van der Waals surface area contributed by atoms with E-state index in [1.54, 1.807) is 0 Å². The fourth-order valence-electron chi connectivity index (χ4n) is 2.58. The van der Waals surface area contributed by atoms with Crippen molar-refractivity contribution in [1.29, 1.82) is 0 Å². The number of carbonyl (C=O) groups is 1. The third-order valence-corrected chi connectivity index (χ3v) is 3.65.